The van der Waals surface area contributed by atoms with Crippen molar-refractivity contribution in [2.45, 2.75) is 58.2 Å². The molecule has 194 valence electrons. The number of methoxy groups -OCH3 is 2. The maximum Gasteiger partial charge on any atom is 0.220 e. The van der Waals surface area contributed by atoms with Crippen LogP contribution in [-0.2, 0) is 27.8 Å². The van der Waals surface area contributed by atoms with Gasteiger partial charge in [0.1, 0.15) is 22.9 Å². The summed E-state index contributed by atoms with van der Waals surface area (Å²) in [5.74, 6) is 1.42. The number of hydrogen-bond donors (Lipinski definition) is 0. The van der Waals surface area contributed by atoms with Crippen molar-refractivity contribution in [2.75, 3.05) is 14.2 Å². The Bertz CT molecular complexity index is 1150. The highest BCUT2D eigenvalue weighted by atomic mass is 32.2. The van der Waals surface area contributed by atoms with E-state index in [2.05, 4.69) is 9.97 Å². The molecule has 1 aromatic heterocycles. The van der Waals surface area contributed by atoms with Crippen molar-refractivity contribution in [3.05, 3.63) is 83.4 Å². The van der Waals surface area contributed by atoms with Crippen molar-refractivity contribution in [3.63, 3.8) is 0 Å². The van der Waals surface area contributed by atoms with Gasteiger partial charge in [-0.2, -0.15) is 4.31 Å². The minimum absolute atomic E-state index is 0.191. The Hall–Kier alpha value is -3.01. The van der Waals surface area contributed by atoms with Gasteiger partial charge in [-0.05, 0) is 63.1 Å². The van der Waals surface area contributed by atoms with Crippen LogP contribution < -0.4 is 9.47 Å². The van der Waals surface area contributed by atoms with Gasteiger partial charge in [0, 0.05) is 19.3 Å². The molecule has 3 rings (SSSR count). The molecule has 0 bridgehead atoms. The van der Waals surface area contributed by atoms with Gasteiger partial charge in [-0.15, -0.1) is 0 Å². The van der Waals surface area contributed by atoms with Crippen LogP contribution in [0.4, 0.5) is 0 Å². The van der Waals surface area contributed by atoms with E-state index in [1.165, 1.54) is 4.31 Å². The molecular weight excluding hydrogens is 478 g/mol. The predicted molar refractivity (Wildman–Crippen MR) is 139 cm³/mol. The summed E-state index contributed by atoms with van der Waals surface area (Å²) in [6, 6.07) is 14.8. The Labute approximate surface area is 214 Å². The van der Waals surface area contributed by atoms with Crippen LogP contribution in [0.5, 0.6) is 11.5 Å². The van der Waals surface area contributed by atoms with E-state index < -0.39 is 21.4 Å². The Morgan fingerprint density at radius 1 is 0.806 bits per heavy atom. The summed E-state index contributed by atoms with van der Waals surface area (Å²) in [7, 11) is -0.660. The van der Waals surface area contributed by atoms with E-state index in [9.17, 15) is 8.42 Å². The first-order valence-corrected chi connectivity index (χ1v) is 13.3. The van der Waals surface area contributed by atoms with Gasteiger partial charge >= 0.3 is 0 Å². The summed E-state index contributed by atoms with van der Waals surface area (Å²) in [6.45, 7) is 7.63. The number of benzene rings is 2. The van der Waals surface area contributed by atoms with Crippen LogP contribution >= 0.6 is 0 Å². The molecule has 36 heavy (non-hydrogen) atoms. The van der Waals surface area contributed by atoms with Gasteiger partial charge in [0.15, 0.2) is 0 Å². The molecule has 0 spiro atoms. The lowest BCUT2D eigenvalue weighted by atomic mass is 10.2. The average Bonchev–Trinajstić information content (AvgIpc) is 2.87. The summed E-state index contributed by atoms with van der Waals surface area (Å²) in [5, 5.41) is -0.909. The third-order valence-corrected chi connectivity index (χ3v) is 7.97. The number of rotatable bonds is 12. The predicted octanol–water partition coefficient (Wildman–Crippen LogP) is 4.69. The van der Waals surface area contributed by atoms with Crippen LogP contribution in [0.25, 0.3) is 0 Å². The number of nitrogens with zero attached hydrogens (tertiary/aromatic N) is 3. The second kappa shape index (κ2) is 12.3. The highest BCUT2D eigenvalue weighted by molar-refractivity contribution is 7.89. The Morgan fingerprint density at radius 2 is 1.31 bits per heavy atom. The van der Waals surface area contributed by atoms with Crippen molar-refractivity contribution >= 4 is 10.0 Å². The highest BCUT2D eigenvalue weighted by Crippen LogP contribution is 2.30. The Morgan fingerprint density at radius 3 is 1.69 bits per heavy atom. The molecule has 0 radical (unpaired) electrons. The first-order chi connectivity index (χ1) is 17.1. The molecule has 0 aliphatic heterocycles. The van der Waals surface area contributed by atoms with Crippen LogP contribution in [0.3, 0.4) is 0 Å². The van der Waals surface area contributed by atoms with Gasteiger partial charge in [0.25, 0.3) is 0 Å². The van der Waals surface area contributed by atoms with E-state index in [0.717, 1.165) is 16.8 Å². The van der Waals surface area contributed by atoms with Gasteiger partial charge < -0.3 is 14.2 Å². The molecule has 0 saturated carbocycles. The molecule has 2 atom stereocenters. The fourth-order valence-corrected chi connectivity index (χ4v) is 5.40. The zero-order valence-electron chi connectivity index (χ0n) is 21.7. The second-order valence-corrected chi connectivity index (χ2v) is 11.2. The van der Waals surface area contributed by atoms with Gasteiger partial charge in [-0.1, -0.05) is 24.3 Å². The van der Waals surface area contributed by atoms with Crippen molar-refractivity contribution in [3.8, 4) is 11.5 Å². The zero-order valence-corrected chi connectivity index (χ0v) is 22.5. The number of aromatic nitrogens is 2. The lowest BCUT2D eigenvalue weighted by Gasteiger charge is -2.31. The third-order valence-electron chi connectivity index (χ3n) is 5.80. The van der Waals surface area contributed by atoms with Crippen molar-refractivity contribution in [2.24, 2.45) is 0 Å². The summed E-state index contributed by atoms with van der Waals surface area (Å²) >= 11 is 0. The SMILES string of the molecule is COc1ccc(CN(Cc2ccc(OC)cc2)S(=O)(=O)C(C)C(OC(C)C)c2cnc(C)cn2)cc1. The van der Waals surface area contributed by atoms with Crippen LogP contribution in [0.1, 0.15) is 49.4 Å². The molecule has 2 unspecified atom stereocenters. The van der Waals surface area contributed by atoms with Gasteiger partial charge in [-0.3, -0.25) is 9.97 Å². The Kier molecular flexibility index (Phi) is 9.42. The molecule has 0 N–H and O–H groups in total. The lowest BCUT2D eigenvalue weighted by Crippen LogP contribution is -2.41. The summed E-state index contributed by atoms with van der Waals surface area (Å²) < 4.78 is 46.3. The quantitative estimate of drug-likeness (QED) is 0.347. The van der Waals surface area contributed by atoms with E-state index in [4.69, 9.17) is 14.2 Å². The molecule has 8 nitrogen and oxygen atoms in total. The molecule has 0 aliphatic carbocycles. The molecule has 0 fully saturated rings. The van der Waals surface area contributed by atoms with E-state index in [1.807, 2.05) is 69.3 Å². The number of aryl methyl sites for hydroxylation is 1. The number of sulfonamides is 1. The van der Waals surface area contributed by atoms with E-state index in [1.54, 1.807) is 33.5 Å². The molecule has 0 aliphatic rings. The zero-order chi connectivity index (χ0) is 26.3. The second-order valence-electron chi connectivity index (χ2n) is 8.90. The molecule has 0 saturated heterocycles. The summed E-state index contributed by atoms with van der Waals surface area (Å²) in [5.41, 5.74) is 2.92. The van der Waals surface area contributed by atoms with E-state index in [-0.39, 0.29) is 19.2 Å². The monoisotopic (exact) mass is 513 g/mol. The van der Waals surface area contributed by atoms with Crippen LogP contribution in [0.2, 0.25) is 0 Å². The number of ether oxygens (including phenoxy) is 3. The molecule has 0 amide bonds. The minimum Gasteiger partial charge on any atom is -0.497 e. The topological polar surface area (TPSA) is 90.9 Å². The van der Waals surface area contributed by atoms with Crippen molar-refractivity contribution < 1.29 is 22.6 Å². The molecule has 2 aromatic carbocycles. The van der Waals surface area contributed by atoms with E-state index in [0.29, 0.717) is 17.2 Å². The molecule has 3 aromatic rings. The van der Waals surface area contributed by atoms with Gasteiger partial charge in [-0.25, -0.2) is 8.42 Å². The van der Waals surface area contributed by atoms with Gasteiger partial charge in [0.05, 0.1) is 37.9 Å². The first-order valence-electron chi connectivity index (χ1n) is 11.8. The molecule has 9 heteroatoms. The molecule has 1 heterocycles. The first kappa shape index (κ1) is 27.6. The highest BCUT2D eigenvalue weighted by Gasteiger charge is 2.37. The maximum absolute atomic E-state index is 14.1. The Balaban J connectivity index is 1.98. The van der Waals surface area contributed by atoms with Crippen molar-refractivity contribution in [1.29, 1.82) is 0 Å². The lowest BCUT2D eigenvalue weighted by molar-refractivity contribution is 0.00297. The average molecular weight is 514 g/mol. The maximum atomic E-state index is 14.1. The normalized spacial score (nSPS) is 13.6. The summed E-state index contributed by atoms with van der Waals surface area (Å²) in [4.78, 5) is 8.74. The van der Waals surface area contributed by atoms with Crippen molar-refractivity contribution in [1.82, 2.24) is 14.3 Å². The third kappa shape index (κ3) is 7.02. The standard InChI is InChI=1S/C27H35N3O5S/c1-19(2)35-27(26-16-28-20(3)15-29-26)21(4)36(31,32)30(17-22-7-11-24(33-5)12-8-22)18-23-9-13-25(34-6)14-10-23/h7-16,19,21,27H,17-18H2,1-6H3. The van der Waals surface area contributed by atoms with E-state index >= 15 is 0 Å². The van der Waals surface area contributed by atoms with Crippen LogP contribution in [0.15, 0.2) is 60.9 Å². The largest absolute Gasteiger partial charge is 0.497 e. The van der Waals surface area contributed by atoms with Gasteiger partial charge in [0.2, 0.25) is 10.0 Å². The van der Waals surface area contributed by atoms with Crippen LogP contribution in [0, 0.1) is 6.92 Å². The minimum atomic E-state index is -3.85. The van der Waals surface area contributed by atoms with Crippen LogP contribution in [-0.4, -0.2) is 48.3 Å². The number of hydrogen-bond acceptors (Lipinski definition) is 7. The fourth-order valence-electron chi connectivity index (χ4n) is 3.76. The smallest absolute Gasteiger partial charge is 0.220 e. The summed E-state index contributed by atoms with van der Waals surface area (Å²) in [6.07, 6.45) is 2.23. The molecular formula is C27H35N3O5S. The fraction of sp³-hybridized carbons (Fsp3) is 0.407.